The largest absolute Gasteiger partial charge is 0.228 e. The summed E-state index contributed by atoms with van der Waals surface area (Å²) in [5.41, 5.74) is 1.91. The SMILES string of the molecule is N#Cc1ccc(CS(=O)(=O)Cc2ccc(Cl)cc2)cc1. The van der Waals surface area contributed by atoms with Crippen LogP contribution in [0.1, 0.15) is 16.7 Å². The Morgan fingerprint density at radius 2 is 1.35 bits per heavy atom. The van der Waals surface area contributed by atoms with Crippen LogP contribution in [0.25, 0.3) is 0 Å². The lowest BCUT2D eigenvalue weighted by Gasteiger charge is -2.05. The van der Waals surface area contributed by atoms with Gasteiger partial charge >= 0.3 is 0 Å². The molecule has 0 atom stereocenters. The maximum Gasteiger partial charge on any atom is 0.158 e. The molecule has 0 fully saturated rings. The minimum absolute atomic E-state index is 0.0236. The van der Waals surface area contributed by atoms with E-state index in [-0.39, 0.29) is 11.5 Å². The van der Waals surface area contributed by atoms with Crippen molar-refractivity contribution in [3.8, 4) is 6.07 Å². The first-order chi connectivity index (χ1) is 9.48. The molecule has 0 aliphatic heterocycles. The molecule has 2 rings (SSSR count). The van der Waals surface area contributed by atoms with Gasteiger partial charge in [-0.15, -0.1) is 0 Å². The van der Waals surface area contributed by atoms with Crippen LogP contribution < -0.4 is 0 Å². The van der Waals surface area contributed by atoms with E-state index in [1.165, 1.54) is 0 Å². The van der Waals surface area contributed by atoms with Crippen LogP contribution in [-0.2, 0) is 21.3 Å². The molecule has 0 spiro atoms. The average molecular weight is 306 g/mol. The molecule has 0 bridgehead atoms. The Kier molecular flexibility index (Phi) is 4.43. The van der Waals surface area contributed by atoms with E-state index in [1.54, 1.807) is 48.5 Å². The Balaban J connectivity index is 2.10. The number of hydrogen-bond acceptors (Lipinski definition) is 3. The highest BCUT2D eigenvalue weighted by molar-refractivity contribution is 7.89. The van der Waals surface area contributed by atoms with Crippen molar-refractivity contribution in [3.63, 3.8) is 0 Å². The molecular formula is C15H12ClNO2S. The van der Waals surface area contributed by atoms with E-state index in [2.05, 4.69) is 0 Å². The van der Waals surface area contributed by atoms with Crippen LogP contribution in [0, 0.1) is 11.3 Å². The normalized spacial score (nSPS) is 11.0. The fraction of sp³-hybridized carbons (Fsp3) is 0.133. The first kappa shape index (κ1) is 14.6. The van der Waals surface area contributed by atoms with Gasteiger partial charge in [-0.05, 0) is 35.4 Å². The molecular weight excluding hydrogens is 294 g/mol. The highest BCUT2D eigenvalue weighted by Gasteiger charge is 2.13. The van der Waals surface area contributed by atoms with E-state index in [9.17, 15) is 8.42 Å². The van der Waals surface area contributed by atoms with Gasteiger partial charge in [0.1, 0.15) is 0 Å². The van der Waals surface area contributed by atoms with E-state index in [0.29, 0.717) is 21.7 Å². The first-order valence-corrected chi connectivity index (χ1v) is 8.12. The van der Waals surface area contributed by atoms with Gasteiger partial charge in [0, 0.05) is 5.02 Å². The van der Waals surface area contributed by atoms with Crippen molar-refractivity contribution >= 4 is 21.4 Å². The summed E-state index contributed by atoms with van der Waals surface area (Å²) in [6.45, 7) is 0. The zero-order chi connectivity index (χ0) is 14.6. The summed E-state index contributed by atoms with van der Waals surface area (Å²) >= 11 is 5.77. The summed E-state index contributed by atoms with van der Waals surface area (Å²) in [7, 11) is -3.25. The molecule has 0 heterocycles. The molecule has 0 unspecified atom stereocenters. The van der Waals surface area contributed by atoms with Crippen molar-refractivity contribution in [1.29, 1.82) is 5.26 Å². The molecule has 0 saturated heterocycles. The quantitative estimate of drug-likeness (QED) is 0.870. The molecule has 0 saturated carbocycles. The zero-order valence-corrected chi connectivity index (χ0v) is 12.2. The number of hydrogen-bond donors (Lipinski definition) is 0. The van der Waals surface area contributed by atoms with Crippen molar-refractivity contribution in [1.82, 2.24) is 0 Å². The van der Waals surface area contributed by atoms with Crippen molar-refractivity contribution in [3.05, 3.63) is 70.2 Å². The summed E-state index contributed by atoms with van der Waals surface area (Å²) in [6, 6.07) is 15.3. The zero-order valence-electron chi connectivity index (χ0n) is 10.6. The van der Waals surface area contributed by atoms with Gasteiger partial charge in [0.25, 0.3) is 0 Å². The number of nitriles is 1. The standard InChI is InChI=1S/C15H12ClNO2S/c16-15-7-5-14(6-8-15)11-20(18,19)10-13-3-1-12(9-17)2-4-13/h1-8H,10-11H2. The monoisotopic (exact) mass is 305 g/mol. The van der Waals surface area contributed by atoms with E-state index in [4.69, 9.17) is 16.9 Å². The van der Waals surface area contributed by atoms with Gasteiger partial charge in [-0.25, -0.2) is 8.42 Å². The smallest absolute Gasteiger partial charge is 0.158 e. The van der Waals surface area contributed by atoms with Crippen LogP contribution in [0.4, 0.5) is 0 Å². The summed E-state index contributed by atoms with van der Waals surface area (Å²) in [4.78, 5) is 0. The second-order valence-electron chi connectivity index (χ2n) is 4.47. The third-order valence-corrected chi connectivity index (χ3v) is 4.57. The number of nitrogens with zero attached hydrogens (tertiary/aromatic N) is 1. The van der Waals surface area contributed by atoms with Gasteiger partial charge in [-0.2, -0.15) is 5.26 Å². The van der Waals surface area contributed by atoms with Crippen molar-refractivity contribution in [2.75, 3.05) is 0 Å². The van der Waals surface area contributed by atoms with Crippen molar-refractivity contribution in [2.45, 2.75) is 11.5 Å². The lowest BCUT2D eigenvalue weighted by atomic mass is 10.2. The number of rotatable bonds is 4. The lowest BCUT2D eigenvalue weighted by Crippen LogP contribution is -2.07. The van der Waals surface area contributed by atoms with Crippen LogP contribution >= 0.6 is 11.6 Å². The maximum absolute atomic E-state index is 12.1. The molecule has 2 aromatic carbocycles. The van der Waals surface area contributed by atoms with Gasteiger partial charge in [0.05, 0.1) is 23.1 Å². The van der Waals surface area contributed by atoms with E-state index < -0.39 is 9.84 Å². The predicted molar refractivity (Wildman–Crippen MR) is 78.9 cm³/mol. The minimum Gasteiger partial charge on any atom is -0.228 e. The Morgan fingerprint density at radius 3 is 1.80 bits per heavy atom. The van der Waals surface area contributed by atoms with E-state index in [1.807, 2.05) is 6.07 Å². The molecule has 0 radical (unpaired) electrons. The minimum atomic E-state index is -3.25. The summed E-state index contributed by atoms with van der Waals surface area (Å²) < 4.78 is 24.2. The lowest BCUT2D eigenvalue weighted by molar-refractivity contribution is 0.594. The fourth-order valence-electron chi connectivity index (χ4n) is 1.82. The Morgan fingerprint density at radius 1 is 0.900 bits per heavy atom. The van der Waals surface area contributed by atoms with E-state index >= 15 is 0 Å². The molecule has 0 aliphatic carbocycles. The van der Waals surface area contributed by atoms with Crippen molar-refractivity contribution in [2.24, 2.45) is 0 Å². The van der Waals surface area contributed by atoms with Crippen LogP contribution in [0.3, 0.4) is 0 Å². The highest BCUT2D eigenvalue weighted by atomic mass is 35.5. The molecule has 2 aromatic rings. The second-order valence-corrected chi connectivity index (χ2v) is 6.97. The average Bonchev–Trinajstić information content (AvgIpc) is 2.41. The fourth-order valence-corrected chi connectivity index (χ4v) is 3.44. The van der Waals surface area contributed by atoms with Gasteiger partial charge < -0.3 is 0 Å². The summed E-state index contributed by atoms with van der Waals surface area (Å²) in [6.07, 6.45) is 0. The van der Waals surface area contributed by atoms with Gasteiger partial charge in [-0.3, -0.25) is 0 Å². The van der Waals surface area contributed by atoms with Gasteiger partial charge in [0.15, 0.2) is 9.84 Å². The molecule has 0 aliphatic rings. The summed E-state index contributed by atoms with van der Waals surface area (Å²) in [5, 5.41) is 9.28. The third kappa shape index (κ3) is 4.09. The summed E-state index contributed by atoms with van der Waals surface area (Å²) in [5.74, 6) is -0.0640. The second kappa shape index (κ2) is 6.08. The van der Waals surface area contributed by atoms with Crippen molar-refractivity contribution < 1.29 is 8.42 Å². The number of benzene rings is 2. The van der Waals surface area contributed by atoms with Gasteiger partial charge in [0.2, 0.25) is 0 Å². The highest BCUT2D eigenvalue weighted by Crippen LogP contribution is 2.15. The van der Waals surface area contributed by atoms with Gasteiger partial charge in [-0.1, -0.05) is 35.9 Å². The Bertz CT molecular complexity index is 729. The molecule has 3 nitrogen and oxygen atoms in total. The number of sulfone groups is 1. The van der Waals surface area contributed by atoms with E-state index in [0.717, 1.165) is 0 Å². The Labute approximate surface area is 123 Å². The Hall–Kier alpha value is -1.83. The molecule has 0 amide bonds. The molecule has 0 N–H and O–H groups in total. The first-order valence-electron chi connectivity index (χ1n) is 5.92. The van der Waals surface area contributed by atoms with Crippen LogP contribution in [0.5, 0.6) is 0 Å². The maximum atomic E-state index is 12.1. The third-order valence-electron chi connectivity index (χ3n) is 2.77. The topological polar surface area (TPSA) is 57.9 Å². The van der Waals surface area contributed by atoms with Crippen LogP contribution in [0.2, 0.25) is 5.02 Å². The molecule has 0 aromatic heterocycles. The molecule has 102 valence electrons. The van der Waals surface area contributed by atoms with Crippen LogP contribution in [0.15, 0.2) is 48.5 Å². The predicted octanol–water partition coefficient (Wildman–Crippen LogP) is 3.33. The molecule has 5 heteroatoms. The number of halogens is 1. The van der Waals surface area contributed by atoms with Crippen LogP contribution in [-0.4, -0.2) is 8.42 Å². The molecule has 20 heavy (non-hydrogen) atoms.